The molecule has 1 amide bonds. The Morgan fingerprint density at radius 2 is 1.94 bits per heavy atom. The summed E-state index contributed by atoms with van der Waals surface area (Å²) in [7, 11) is 0. The van der Waals surface area contributed by atoms with Gasteiger partial charge in [-0.25, -0.2) is 0 Å². The lowest BCUT2D eigenvalue weighted by molar-refractivity contribution is 0.0761. The molecule has 4 nitrogen and oxygen atoms in total. The van der Waals surface area contributed by atoms with Gasteiger partial charge in [-0.1, -0.05) is 19.8 Å². The van der Waals surface area contributed by atoms with Crippen LogP contribution in [0.1, 0.15) is 55.1 Å². The maximum atomic E-state index is 12.5. The predicted octanol–water partition coefficient (Wildman–Crippen LogP) is 2.62. The summed E-state index contributed by atoms with van der Waals surface area (Å²) < 4.78 is 1.89. The minimum atomic E-state index is 0.164. The summed E-state index contributed by atoms with van der Waals surface area (Å²) in [5.41, 5.74) is 1.64. The lowest BCUT2D eigenvalue weighted by Gasteiger charge is -2.19. The van der Waals surface area contributed by atoms with Crippen LogP contribution in [0, 0.1) is 6.92 Å². The maximum Gasteiger partial charge on any atom is 0.257 e. The Morgan fingerprint density at radius 1 is 1.28 bits per heavy atom. The number of carbonyl (C=O) groups excluding carboxylic acids is 1. The molecular weight excluding hydrogens is 226 g/mol. The summed E-state index contributed by atoms with van der Waals surface area (Å²) in [4.78, 5) is 14.5. The standard InChI is InChI=1S/C14H23N3O/c1-3-8-17-11-13(12(2)15-17)14(18)16-9-6-4-5-7-10-16/h11H,3-10H2,1-2H3. The summed E-state index contributed by atoms with van der Waals surface area (Å²) in [6, 6.07) is 0. The number of carbonyl (C=O) groups is 1. The van der Waals surface area contributed by atoms with E-state index in [2.05, 4.69) is 12.0 Å². The fraction of sp³-hybridized carbons (Fsp3) is 0.714. The van der Waals surface area contributed by atoms with Gasteiger partial charge in [0.25, 0.3) is 5.91 Å². The van der Waals surface area contributed by atoms with Gasteiger partial charge in [-0.2, -0.15) is 5.10 Å². The average Bonchev–Trinajstić information content (AvgIpc) is 2.57. The van der Waals surface area contributed by atoms with Crippen LogP contribution < -0.4 is 0 Å². The molecule has 1 fully saturated rings. The molecule has 0 saturated carbocycles. The normalized spacial score (nSPS) is 16.7. The number of nitrogens with zero attached hydrogens (tertiary/aromatic N) is 3. The SMILES string of the molecule is CCCn1cc(C(=O)N2CCCCCC2)c(C)n1. The van der Waals surface area contributed by atoms with Crippen LogP contribution in [0.2, 0.25) is 0 Å². The van der Waals surface area contributed by atoms with Gasteiger partial charge in [0.15, 0.2) is 0 Å². The molecule has 4 heteroatoms. The average molecular weight is 249 g/mol. The summed E-state index contributed by atoms with van der Waals surface area (Å²) in [6.07, 6.45) is 7.71. The highest BCUT2D eigenvalue weighted by molar-refractivity contribution is 5.95. The number of aromatic nitrogens is 2. The first kappa shape index (κ1) is 13.1. The number of aryl methyl sites for hydroxylation is 2. The maximum absolute atomic E-state index is 12.5. The third-order valence-electron chi connectivity index (χ3n) is 3.52. The van der Waals surface area contributed by atoms with Crippen LogP contribution in [-0.4, -0.2) is 33.7 Å². The van der Waals surface area contributed by atoms with Crippen molar-refractivity contribution < 1.29 is 4.79 Å². The molecule has 0 unspecified atom stereocenters. The molecule has 1 aliphatic rings. The Kier molecular flexibility index (Phi) is 4.39. The molecule has 0 spiro atoms. The van der Waals surface area contributed by atoms with E-state index in [0.29, 0.717) is 0 Å². The van der Waals surface area contributed by atoms with Gasteiger partial charge in [-0.3, -0.25) is 9.48 Å². The van der Waals surface area contributed by atoms with E-state index in [-0.39, 0.29) is 5.91 Å². The highest BCUT2D eigenvalue weighted by Gasteiger charge is 2.20. The monoisotopic (exact) mass is 249 g/mol. The van der Waals surface area contributed by atoms with Crippen LogP contribution in [0.4, 0.5) is 0 Å². The lowest BCUT2D eigenvalue weighted by Crippen LogP contribution is -2.32. The second kappa shape index (κ2) is 6.03. The van der Waals surface area contributed by atoms with Gasteiger partial charge in [-0.05, 0) is 26.2 Å². The van der Waals surface area contributed by atoms with Crippen molar-refractivity contribution >= 4 is 5.91 Å². The van der Waals surface area contributed by atoms with Crippen molar-refractivity contribution in [2.24, 2.45) is 0 Å². The van der Waals surface area contributed by atoms with E-state index in [4.69, 9.17) is 0 Å². The van der Waals surface area contributed by atoms with Crippen LogP contribution in [0.25, 0.3) is 0 Å². The molecule has 1 saturated heterocycles. The van der Waals surface area contributed by atoms with Gasteiger partial charge in [0, 0.05) is 25.8 Å². The smallest absolute Gasteiger partial charge is 0.257 e. The molecule has 0 N–H and O–H groups in total. The van der Waals surface area contributed by atoms with Crippen molar-refractivity contribution in [2.75, 3.05) is 13.1 Å². The molecule has 1 aliphatic heterocycles. The molecule has 0 aromatic carbocycles. The molecule has 0 aliphatic carbocycles. The highest BCUT2D eigenvalue weighted by Crippen LogP contribution is 2.15. The van der Waals surface area contributed by atoms with Crippen molar-refractivity contribution in [2.45, 2.75) is 52.5 Å². The Bertz CT molecular complexity index is 403. The van der Waals surface area contributed by atoms with Gasteiger partial charge in [0.2, 0.25) is 0 Å². The van der Waals surface area contributed by atoms with Crippen LogP contribution in [0.3, 0.4) is 0 Å². The molecule has 1 aromatic rings. The van der Waals surface area contributed by atoms with Crippen molar-refractivity contribution in [3.63, 3.8) is 0 Å². The largest absolute Gasteiger partial charge is 0.339 e. The van der Waals surface area contributed by atoms with E-state index in [0.717, 1.165) is 50.2 Å². The number of amides is 1. The van der Waals surface area contributed by atoms with Gasteiger partial charge in [-0.15, -0.1) is 0 Å². The molecule has 2 heterocycles. The molecule has 0 atom stereocenters. The molecule has 1 aromatic heterocycles. The topological polar surface area (TPSA) is 38.1 Å². The van der Waals surface area contributed by atoms with Crippen molar-refractivity contribution in [1.29, 1.82) is 0 Å². The Hall–Kier alpha value is -1.32. The lowest BCUT2D eigenvalue weighted by atomic mass is 10.2. The zero-order chi connectivity index (χ0) is 13.0. The van der Waals surface area contributed by atoms with Crippen molar-refractivity contribution in [1.82, 2.24) is 14.7 Å². The molecule has 100 valence electrons. The number of likely N-dealkylation sites (tertiary alicyclic amines) is 1. The van der Waals surface area contributed by atoms with Crippen LogP contribution >= 0.6 is 0 Å². The van der Waals surface area contributed by atoms with E-state index >= 15 is 0 Å². The van der Waals surface area contributed by atoms with Crippen LogP contribution in [0.15, 0.2) is 6.20 Å². The van der Waals surface area contributed by atoms with E-state index < -0.39 is 0 Å². The zero-order valence-corrected chi connectivity index (χ0v) is 11.5. The highest BCUT2D eigenvalue weighted by atomic mass is 16.2. The molecule has 2 rings (SSSR count). The summed E-state index contributed by atoms with van der Waals surface area (Å²) in [5, 5.41) is 4.41. The van der Waals surface area contributed by atoms with E-state index in [1.54, 1.807) is 0 Å². The van der Waals surface area contributed by atoms with Crippen LogP contribution in [-0.2, 0) is 6.54 Å². The first-order valence-electron chi connectivity index (χ1n) is 7.05. The number of hydrogen-bond acceptors (Lipinski definition) is 2. The number of rotatable bonds is 3. The molecule has 0 bridgehead atoms. The zero-order valence-electron chi connectivity index (χ0n) is 11.5. The van der Waals surface area contributed by atoms with E-state index in [1.165, 1.54) is 12.8 Å². The first-order chi connectivity index (χ1) is 8.72. The quantitative estimate of drug-likeness (QED) is 0.826. The van der Waals surface area contributed by atoms with Crippen molar-refractivity contribution in [3.05, 3.63) is 17.5 Å². The minimum Gasteiger partial charge on any atom is -0.339 e. The summed E-state index contributed by atoms with van der Waals surface area (Å²) in [6.45, 7) is 6.73. The van der Waals surface area contributed by atoms with Gasteiger partial charge < -0.3 is 4.90 Å². The van der Waals surface area contributed by atoms with E-state index in [9.17, 15) is 4.79 Å². The molecule has 18 heavy (non-hydrogen) atoms. The predicted molar refractivity (Wildman–Crippen MR) is 71.6 cm³/mol. The molecule has 0 radical (unpaired) electrons. The number of hydrogen-bond donors (Lipinski definition) is 0. The second-order valence-electron chi connectivity index (χ2n) is 5.10. The summed E-state index contributed by atoms with van der Waals surface area (Å²) in [5.74, 6) is 0.164. The fourth-order valence-electron chi connectivity index (χ4n) is 2.52. The first-order valence-corrected chi connectivity index (χ1v) is 7.05. The Balaban J connectivity index is 2.11. The van der Waals surface area contributed by atoms with Gasteiger partial charge in [0.1, 0.15) is 0 Å². The second-order valence-corrected chi connectivity index (χ2v) is 5.10. The Morgan fingerprint density at radius 3 is 2.56 bits per heavy atom. The third-order valence-corrected chi connectivity index (χ3v) is 3.52. The fourth-order valence-corrected chi connectivity index (χ4v) is 2.52. The Labute approximate surface area is 109 Å². The van der Waals surface area contributed by atoms with Crippen molar-refractivity contribution in [3.8, 4) is 0 Å². The minimum absolute atomic E-state index is 0.164. The van der Waals surface area contributed by atoms with E-state index in [1.807, 2.05) is 22.7 Å². The molecular formula is C14H23N3O. The van der Waals surface area contributed by atoms with Gasteiger partial charge in [0.05, 0.1) is 11.3 Å². The third kappa shape index (κ3) is 2.92. The van der Waals surface area contributed by atoms with Crippen LogP contribution in [0.5, 0.6) is 0 Å². The summed E-state index contributed by atoms with van der Waals surface area (Å²) >= 11 is 0. The van der Waals surface area contributed by atoms with Gasteiger partial charge >= 0.3 is 0 Å².